The number of rotatable bonds is 4. The largest absolute Gasteiger partial charge is 0.311 e. The average molecular weight is 449 g/mol. The Bertz CT molecular complexity index is 677. The first-order valence-electron chi connectivity index (χ1n) is 12.4. The van der Waals surface area contributed by atoms with E-state index in [1.165, 1.54) is 107 Å². The van der Waals surface area contributed by atoms with Crippen LogP contribution in [-0.4, -0.2) is 12.1 Å². The summed E-state index contributed by atoms with van der Waals surface area (Å²) in [6.45, 7) is 0. The van der Waals surface area contributed by atoms with Crippen molar-refractivity contribution in [2.24, 2.45) is 0 Å². The predicted molar refractivity (Wildman–Crippen MR) is 132 cm³/mol. The fourth-order valence-electron chi connectivity index (χ4n) is 5.55. The van der Waals surface area contributed by atoms with Crippen molar-refractivity contribution < 1.29 is 0 Å². The lowest BCUT2D eigenvalue weighted by molar-refractivity contribution is 0.291. The van der Waals surface area contributed by atoms with Crippen molar-refractivity contribution in [2.75, 3.05) is 0 Å². The average Bonchev–Trinajstić information content (AvgIpc) is 3.62. The highest BCUT2D eigenvalue weighted by atomic mass is 35.5. The Hall–Kier alpha value is -0.680. The molecule has 0 bridgehead atoms. The zero-order valence-electron chi connectivity index (χ0n) is 18.4. The molecule has 0 saturated heterocycles. The third-order valence-electron chi connectivity index (χ3n) is 7.37. The molecule has 4 aliphatic rings. The van der Waals surface area contributed by atoms with E-state index in [0.29, 0.717) is 11.8 Å². The second-order valence-corrected chi connectivity index (χ2v) is 10.1. The summed E-state index contributed by atoms with van der Waals surface area (Å²) in [5, 5.41) is 4.80. The Labute approximate surface area is 195 Å². The topological polar surface area (TPSA) is 12.0 Å². The number of hydrogen-bond acceptors (Lipinski definition) is 1. The number of halogens is 2. The molecule has 0 amide bonds. The predicted octanol–water partition coefficient (Wildman–Crippen LogP) is 8.15. The van der Waals surface area contributed by atoms with Crippen molar-refractivity contribution in [3.63, 3.8) is 0 Å². The molecule has 0 aromatic heterocycles. The molecule has 0 atom stereocenters. The molecule has 3 saturated carbocycles. The van der Waals surface area contributed by atoms with Crippen LogP contribution in [0.1, 0.15) is 119 Å². The van der Waals surface area contributed by atoms with E-state index in [2.05, 4.69) is 35.4 Å². The molecule has 3 heteroatoms. The Balaban J connectivity index is 0.000000169. The van der Waals surface area contributed by atoms with Gasteiger partial charge in [-0.05, 0) is 61.6 Å². The van der Waals surface area contributed by atoms with Gasteiger partial charge >= 0.3 is 0 Å². The molecule has 1 aromatic carbocycles. The zero-order chi connectivity index (χ0) is 19.9. The normalized spacial score (nSPS) is 22.8. The van der Waals surface area contributed by atoms with Crippen molar-refractivity contribution in [1.82, 2.24) is 5.32 Å². The summed E-state index contributed by atoms with van der Waals surface area (Å²) in [5.41, 5.74) is 2.59. The van der Waals surface area contributed by atoms with Crippen molar-refractivity contribution in [1.29, 1.82) is 0 Å². The smallest absolute Gasteiger partial charge is 0.106 e. The highest BCUT2D eigenvalue weighted by molar-refractivity contribution is 6.31. The van der Waals surface area contributed by atoms with Gasteiger partial charge in [0.05, 0.1) is 0 Å². The number of nitrogens with one attached hydrogen (secondary N) is 1. The standard InChI is InChI=1S/C15H15Cl.C12H23N.ClH/c16-15-10-13(11-6-7-11)8-9-14(15)12-4-2-1-3-5-12;1-3-7-11(8-4-1)13-12-9-5-2-6-10-12;/h8-12H,1-5H2;11-13H,1-10H2;1H. The summed E-state index contributed by atoms with van der Waals surface area (Å²) in [5.74, 6) is 7.14. The molecule has 0 spiro atoms. The van der Waals surface area contributed by atoms with Gasteiger partial charge in [0.25, 0.3) is 0 Å². The Morgan fingerprint density at radius 2 is 1.20 bits per heavy atom. The zero-order valence-corrected chi connectivity index (χ0v) is 20.0. The van der Waals surface area contributed by atoms with Gasteiger partial charge in [0.2, 0.25) is 0 Å². The van der Waals surface area contributed by atoms with Crippen molar-refractivity contribution in [3.8, 4) is 11.8 Å². The van der Waals surface area contributed by atoms with E-state index in [4.69, 9.17) is 11.6 Å². The molecule has 3 fully saturated rings. The highest BCUT2D eigenvalue weighted by Gasteiger charge is 2.21. The summed E-state index contributed by atoms with van der Waals surface area (Å²) in [4.78, 5) is 0. The second kappa shape index (κ2) is 12.4. The SMILES string of the molecule is C1CCC(NC2CCCCC2)CC1.Cl.Clc1cc(C2C#C2)ccc1C1CCCCC1. The van der Waals surface area contributed by atoms with Crippen molar-refractivity contribution >= 4 is 24.0 Å². The monoisotopic (exact) mass is 447 g/mol. The van der Waals surface area contributed by atoms with Gasteiger partial charge in [0, 0.05) is 17.1 Å². The van der Waals surface area contributed by atoms with Crippen LogP contribution in [0.3, 0.4) is 0 Å². The minimum absolute atomic E-state index is 0. The van der Waals surface area contributed by atoms with Gasteiger partial charge in [0.15, 0.2) is 0 Å². The maximum atomic E-state index is 6.38. The second-order valence-electron chi connectivity index (χ2n) is 9.67. The highest BCUT2D eigenvalue weighted by Crippen LogP contribution is 2.37. The van der Waals surface area contributed by atoms with Crippen LogP contribution in [0.15, 0.2) is 18.2 Å². The Kier molecular flexibility index (Phi) is 9.89. The maximum absolute atomic E-state index is 6.38. The molecule has 0 unspecified atom stereocenters. The van der Waals surface area contributed by atoms with Gasteiger partial charge in [0.1, 0.15) is 5.92 Å². The van der Waals surface area contributed by atoms with E-state index in [9.17, 15) is 0 Å². The first kappa shape index (κ1) is 24.0. The first-order valence-corrected chi connectivity index (χ1v) is 12.7. The summed E-state index contributed by atoms with van der Waals surface area (Å²) in [6.07, 6.45) is 21.3. The fourth-order valence-corrected chi connectivity index (χ4v) is 5.89. The molecule has 166 valence electrons. The van der Waals surface area contributed by atoms with Crippen LogP contribution in [-0.2, 0) is 0 Å². The Morgan fingerprint density at radius 3 is 1.67 bits per heavy atom. The van der Waals surface area contributed by atoms with Gasteiger partial charge in [-0.15, -0.1) is 12.4 Å². The molecular weight excluding hydrogens is 409 g/mol. The van der Waals surface area contributed by atoms with Gasteiger partial charge in [-0.25, -0.2) is 0 Å². The van der Waals surface area contributed by atoms with Gasteiger partial charge in [-0.1, -0.05) is 93.4 Å². The van der Waals surface area contributed by atoms with E-state index >= 15 is 0 Å². The van der Waals surface area contributed by atoms with E-state index in [1.54, 1.807) is 0 Å². The number of benzene rings is 1. The van der Waals surface area contributed by atoms with Crippen LogP contribution in [0.2, 0.25) is 5.02 Å². The lowest BCUT2D eigenvalue weighted by Gasteiger charge is -2.30. The summed E-state index contributed by atoms with van der Waals surface area (Å²) >= 11 is 6.38. The quantitative estimate of drug-likeness (QED) is 0.458. The van der Waals surface area contributed by atoms with Crippen LogP contribution in [0.4, 0.5) is 0 Å². The van der Waals surface area contributed by atoms with Gasteiger partial charge in [-0.2, -0.15) is 0 Å². The molecule has 1 aromatic rings. The van der Waals surface area contributed by atoms with Crippen molar-refractivity contribution in [3.05, 3.63) is 34.3 Å². The molecular formula is C27H39Cl2N. The van der Waals surface area contributed by atoms with Crippen molar-refractivity contribution in [2.45, 2.75) is 120 Å². The minimum atomic E-state index is 0. The summed E-state index contributed by atoms with van der Waals surface area (Å²) in [6, 6.07) is 8.25. The fraction of sp³-hybridized carbons (Fsp3) is 0.704. The van der Waals surface area contributed by atoms with Gasteiger partial charge < -0.3 is 5.32 Å². The lowest BCUT2D eigenvalue weighted by atomic mass is 9.83. The van der Waals surface area contributed by atoms with E-state index < -0.39 is 0 Å². The molecule has 5 rings (SSSR count). The lowest BCUT2D eigenvalue weighted by Crippen LogP contribution is -2.40. The van der Waals surface area contributed by atoms with Crippen LogP contribution in [0, 0.1) is 11.8 Å². The van der Waals surface area contributed by atoms with Gasteiger partial charge in [-0.3, -0.25) is 0 Å². The van der Waals surface area contributed by atoms with Crippen LogP contribution < -0.4 is 5.32 Å². The van der Waals surface area contributed by atoms with E-state index in [0.717, 1.165) is 17.1 Å². The molecule has 30 heavy (non-hydrogen) atoms. The van der Waals surface area contributed by atoms with Crippen LogP contribution >= 0.6 is 24.0 Å². The Morgan fingerprint density at radius 1 is 0.700 bits per heavy atom. The van der Waals surface area contributed by atoms with E-state index in [-0.39, 0.29) is 12.4 Å². The summed E-state index contributed by atoms with van der Waals surface area (Å²) in [7, 11) is 0. The minimum Gasteiger partial charge on any atom is -0.311 e. The third kappa shape index (κ3) is 7.19. The van der Waals surface area contributed by atoms with E-state index in [1.807, 2.05) is 0 Å². The molecule has 1 nitrogen and oxygen atoms in total. The molecule has 0 heterocycles. The summed E-state index contributed by atoms with van der Waals surface area (Å²) < 4.78 is 0. The van der Waals surface area contributed by atoms with Crippen LogP contribution in [0.5, 0.6) is 0 Å². The molecule has 0 radical (unpaired) electrons. The molecule has 1 N–H and O–H groups in total. The van der Waals surface area contributed by atoms with Crippen LogP contribution in [0.25, 0.3) is 0 Å². The molecule has 0 aliphatic heterocycles. The third-order valence-corrected chi connectivity index (χ3v) is 7.70. The maximum Gasteiger partial charge on any atom is 0.106 e. The number of hydrogen-bond donors (Lipinski definition) is 1. The first-order chi connectivity index (χ1) is 14.3. The molecule has 4 aliphatic carbocycles.